The van der Waals surface area contributed by atoms with E-state index in [1.165, 1.54) is 0 Å². The molecule has 6 heteroatoms. The van der Waals surface area contributed by atoms with Crippen molar-refractivity contribution in [1.29, 1.82) is 0 Å². The standard InChI is InChI=1S/C13H20ClN3S.HI/c1-3-15-13(16-8-9-18-2)17-10-11-6-4-5-7-12(11)14;/h4-7H,3,8-10H2,1-2H3,(H2,15,16,17);1H. The lowest BCUT2D eigenvalue weighted by molar-refractivity contribution is 0.843. The number of benzene rings is 1. The molecule has 0 aliphatic heterocycles. The van der Waals surface area contributed by atoms with Crippen LogP contribution in [0.2, 0.25) is 5.02 Å². The predicted octanol–water partition coefficient (Wildman–Crippen LogP) is 3.38. The largest absolute Gasteiger partial charge is 0.357 e. The van der Waals surface area contributed by atoms with E-state index in [0.717, 1.165) is 35.4 Å². The molecule has 19 heavy (non-hydrogen) atoms. The van der Waals surface area contributed by atoms with Gasteiger partial charge in [0, 0.05) is 23.9 Å². The summed E-state index contributed by atoms with van der Waals surface area (Å²) in [5, 5.41) is 7.27. The SMILES string of the molecule is CCNC(=NCc1ccccc1Cl)NCCSC.I. The van der Waals surface area contributed by atoms with E-state index >= 15 is 0 Å². The van der Waals surface area contributed by atoms with Crippen molar-refractivity contribution in [3.63, 3.8) is 0 Å². The third-order valence-electron chi connectivity index (χ3n) is 2.31. The third kappa shape index (κ3) is 7.89. The first-order valence-electron chi connectivity index (χ1n) is 6.02. The summed E-state index contributed by atoms with van der Waals surface area (Å²) in [6.07, 6.45) is 2.09. The number of nitrogens with one attached hydrogen (secondary N) is 2. The van der Waals surface area contributed by atoms with Crippen LogP contribution in [0.15, 0.2) is 29.3 Å². The molecule has 1 rings (SSSR count). The highest BCUT2D eigenvalue weighted by molar-refractivity contribution is 14.0. The molecule has 0 heterocycles. The first-order valence-corrected chi connectivity index (χ1v) is 7.79. The molecule has 0 saturated heterocycles. The Balaban J connectivity index is 0.00000324. The van der Waals surface area contributed by atoms with Crippen molar-refractivity contribution in [2.75, 3.05) is 25.1 Å². The number of thioether (sulfide) groups is 1. The molecule has 108 valence electrons. The van der Waals surface area contributed by atoms with Gasteiger partial charge in [0.25, 0.3) is 0 Å². The molecule has 0 radical (unpaired) electrons. The van der Waals surface area contributed by atoms with Crippen LogP contribution in [-0.2, 0) is 6.54 Å². The molecule has 0 unspecified atom stereocenters. The van der Waals surface area contributed by atoms with Gasteiger partial charge < -0.3 is 10.6 Å². The topological polar surface area (TPSA) is 36.4 Å². The molecule has 1 aromatic rings. The molecule has 0 aliphatic rings. The van der Waals surface area contributed by atoms with E-state index in [1.54, 1.807) is 0 Å². The molecule has 0 amide bonds. The molecule has 1 aromatic carbocycles. The summed E-state index contributed by atoms with van der Waals surface area (Å²) >= 11 is 7.91. The van der Waals surface area contributed by atoms with Crippen molar-refractivity contribution in [2.45, 2.75) is 13.5 Å². The zero-order valence-electron chi connectivity index (χ0n) is 11.3. The first-order chi connectivity index (χ1) is 8.77. The minimum atomic E-state index is 0. The van der Waals surface area contributed by atoms with Gasteiger partial charge in [0.1, 0.15) is 0 Å². The van der Waals surface area contributed by atoms with Crippen LogP contribution < -0.4 is 10.6 Å². The zero-order chi connectivity index (χ0) is 13.2. The first kappa shape index (κ1) is 18.9. The fraction of sp³-hybridized carbons (Fsp3) is 0.462. The van der Waals surface area contributed by atoms with Gasteiger partial charge in [-0.1, -0.05) is 29.8 Å². The second-order valence-electron chi connectivity index (χ2n) is 3.71. The molecule has 0 aliphatic carbocycles. The van der Waals surface area contributed by atoms with Crippen LogP contribution in [0.4, 0.5) is 0 Å². The van der Waals surface area contributed by atoms with Crippen LogP contribution in [0.5, 0.6) is 0 Å². The average Bonchev–Trinajstić information content (AvgIpc) is 2.38. The predicted molar refractivity (Wildman–Crippen MR) is 98.1 cm³/mol. The Bertz CT molecular complexity index is 388. The average molecular weight is 414 g/mol. The van der Waals surface area contributed by atoms with E-state index in [9.17, 15) is 0 Å². The minimum absolute atomic E-state index is 0. The van der Waals surface area contributed by atoms with Crippen molar-refractivity contribution in [2.24, 2.45) is 4.99 Å². The molecule has 2 N–H and O–H groups in total. The van der Waals surface area contributed by atoms with Crippen LogP contribution in [-0.4, -0.2) is 31.1 Å². The molecule has 0 aromatic heterocycles. The summed E-state index contributed by atoms with van der Waals surface area (Å²) in [6.45, 7) is 4.42. The van der Waals surface area contributed by atoms with Gasteiger partial charge >= 0.3 is 0 Å². The summed E-state index contributed by atoms with van der Waals surface area (Å²) in [5.41, 5.74) is 1.04. The lowest BCUT2D eigenvalue weighted by Crippen LogP contribution is -2.38. The Labute approximate surface area is 142 Å². The lowest BCUT2D eigenvalue weighted by Gasteiger charge is -2.10. The fourth-order valence-electron chi connectivity index (χ4n) is 1.40. The van der Waals surface area contributed by atoms with E-state index in [1.807, 2.05) is 36.0 Å². The Kier molecular flexibility index (Phi) is 11.6. The van der Waals surface area contributed by atoms with Crippen LogP contribution in [0.25, 0.3) is 0 Å². The Morgan fingerprint density at radius 3 is 2.68 bits per heavy atom. The van der Waals surface area contributed by atoms with E-state index in [-0.39, 0.29) is 24.0 Å². The van der Waals surface area contributed by atoms with Gasteiger partial charge in [0.05, 0.1) is 6.54 Å². The number of hydrogen-bond donors (Lipinski definition) is 2. The maximum atomic E-state index is 6.10. The number of hydrogen-bond acceptors (Lipinski definition) is 2. The molecule has 0 bridgehead atoms. The maximum absolute atomic E-state index is 6.10. The summed E-state index contributed by atoms with van der Waals surface area (Å²) in [5.74, 6) is 1.91. The van der Waals surface area contributed by atoms with Crippen LogP contribution >= 0.6 is 47.3 Å². The molecule has 0 fully saturated rings. The molecular formula is C13H21ClIN3S. The minimum Gasteiger partial charge on any atom is -0.357 e. The number of nitrogens with zero attached hydrogens (tertiary/aromatic N) is 1. The monoisotopic (exact) mass is 413 g/mol. The summed E-state index contributed by atoms with van der Waals surface area (Å²) in [6, 6.07) is 7.79. The quantitative estimate of drug-likeness (QED) is 0.325. The maximum Gasteiger partial charge on any atom is 0.191 e. The van der Waals surface area contributed by atoms with Crippen LogP contribution in [0.3, 0.4) is 0 Å². The lowest BCUT2D eigenvalue weighted by atomic mass is 10.2. The Hall–Kier alpha value is -0.140. The van der Waals surface area contributed by atoms with Gasteiger partial charge in [0.15, 0.2) is 5.96 Å². The highest BCUT2D eigenvalue weighted by atomic mass is 127. The summed E-state index contributed by atoms with van der Waals surface area (Å²) in [4.78, 5) is 4.52. The Morgan fingerprint density at radius 2 is 2.05 bits per heavy atom. The molecule has 0 saturated carbocycles. The Morgan fingerprint density at radius 1 is 1.32 bits per heavy atom. The van der Waals surface area contributed by atoms with Crippen molar-refractivity contribution >= 4 is 53.3 Å². The summed E-state index contributed by atoms with van der Waals surface area (Å²) in [7, 11) is 0. The third-order valence-corrected chi connectivity index (χ3v) is 3.29. The van der Waals surface area contributed by atoms with Gasteiger partial charge in [-0.2, -0.15) is 11.8 Å². The van der Waals surface area contributed by atoms with Gasteiger partial charge in [-0.3, -0.25) is 0 Å². The second-order valence-corrected chi connectivity index (χ2v) is 5.10. The number of guanidine groups is 1. The normalized spacial score (nSPS) is 10.8. The van der Waals surface area contributed by atoms with E-state index < -0.39 is 0 Å². The van der Waals surface area contributed by atoms with E-state index in [0.29, 0.717) is 6.54 Å². The zero-order valence-corrected chi connectivity index (χ0v) is 15.2. The smallest absolute Gasteiger partial charge is 0.191 e. The van der Waals surface area contributed by atoms with Gasteiger partial charge in [-0.15, -0.1) is 24.0 Å². The fourth-order valence-corrected chi connectivity index (χ4v) is 1.91. The van der Waals surface area contributed by atoms with Gasteiger partial charge in [-0.25, -0.2) is 4.99 Å². The van der Waals surface area contributed by atoms with Crippen molar-refractivity contribution in [1.82, 2.24) is 10.6 Å². The number of halogens is 2. The van der Waals surface area contributed by atoms with Crippen molar-refractivity contribution in [3.8, 4) is 0 Å². The van der Waals surface area contributed by atoms with Crippen molar-refractivity contribution in [3.05, 3.63) is 34.9 Å². The van der Waals surface area contributed by atoms with Gasteiger partial charge in [-0.05, 0) is 24.8 Å². The van der Waals surface area contributed by atoms with Crippen LogP contribution in [0, 0.1) is 0 Å². The second kappa shape index (κ2) is 11.7. The van der Waals surface area contributed by atoms with Gasteiger partial charge in [0.2, 0.25) is 0 Å². The molecule has 3 nitrogen and oxygen atoms in total. The number of aliphatic imine (C=N–C) groups is 1. The highest BCUT2D eigenvalue weighted by Crippen LogP contribution is 2.15. The van der Waals surface area contributed by atoms with Crippen molar-refractivity contribution < 1.29 is 0 Å². The summed E-state index contributed by atoms with van der Waals surface area (Å²) < 4.78 is 0. The van der Waals surface area contributed by atoms with E-state index in [4.69, 9.17) is 11.6 Å². The molecular weight excluding hydrogens is 393 g/mol. The van der Waals surface area contributed by atoms with E-state index in [2.05, 4.69) is 28.8 Å². The highest BCUT2D eigenvalue weighted by Gasteiger charge is 1.99. The van der Waals surface area contributed by atoms with Crippen LogP contribution in [0.1, 0.15) is 12.5 Å². The molecule has 0 atom stereocenters. The molecule has 0 spiro atoms. The number of rotatable bonds is 6.